The van der Waals surface area contributed by atoms with Gasteiger partial charge in [0.1, 0.15) is 6.04 Å². The summed E-state index contributed by atoms with van der Waals surface area (Å²) in [5.41, 5.74) is 0.815. The van der Waals surface area contributed by atoms with Crippen LogP contribution in [0.5, 0.6) is 0 Å². The van der Waals surface area contributed by atoms with E-state index in [2.05, 4.69) is 38.6 Å². The van der Waals surface area contributed by atoms with E-state index in [4.69, 9.17) is 0 Å². The predicted octanol–water partition coefficient (Wildman–Crippen LogP) is 0.703. The number of alkyl carbamates (subject to hydrolysis) is 1. The average molecular weight is 495 g/mol. The van der Waals surface area contributed by atoms with E-state index >= 15 is 0 Å². The Bertz CT molecular complexity index is 864. The molecule has 1 aliphatic heterocycles. The summed E-state index contributed by atoms with van der Waals surface area (Å²) in [5, 5.41) is 21.5. The summed E-state index contributed by atoms with van der Waals surface area (Å²) in [7, 11) is 1.19. The highest BCUT2D eigenvalue weighted by molar-refractivity contribution is 7.82. The van der Waals surface area contributed by atoms with Crippen LogP contribution >= 0.6 is 12.6 Å². The Morgan fingerprint density at radius 3 is 2.47 bits per heavy atom. The molecule has 0 radical (unpaired) electrons. The van der Waals surface area contributed by atoms with Gasteiger partial charge in [0.05, 0.1) is 13.2 Å². The summed E-state index contributed by atoms with van der Waals surface area (Å²) in [4.78, 5) is 47.6. The van der Waals surface area contributed by atoms with Gasteiger partial charge in [-0.25, -0.2) is 4.79 Å². The summed E-state index contributed by atoms with van der Waals surface area (Å²) in [6.45, 7) is 4.37. The Morgan fingerprint density at radius 2 is 1.91 bits per heavy atom. The molecule has 11 heteroatoms. The monoisotopic (exact) mass is 494 g/mol. The third-order valence-corrected chi connectivity index (χ3v) is 6.13. The number of carbonyl (C=O) groups is 4. The third kappa shape index (κ3) is 7.91. The van der Waals surface area contributed by atoms with Crippen LogP contribution in [0.4, 0.5) is 4.79 Å². The van der Waals surface area contributed by atoms with Gasteiger partial charge in [0.15, 0.2) is 0 Å². The molecule has 1 fully saturated rings. The van der Waals surface area contributed by atoms with Crippen LogP contribution < -0.4 is 21.3 Å². The van der Waals surface area contributed by atoms with Crippen molar-refractivity contribution in [3.63, 3.8) is 0 Å². The van der Waals surface area contributed by atoms with Gasteiger partial charge in [-0.15, -0.1) is 12.6 Å². The molecule has 1 aromatic carbocycles. The largest absolute Gasteiger partial charge is 0.453 e. The van der Waals surface area contributed by atoms with Crippen molar-refractivity contribution >= 4 is 36.4 Å². The lowest BCUT2D eigenvalue weighted by Gasteiger charge is -2.34. The van der Waals surface area contributed by atoms with Crippen LogP contribution in [0, 0.1) is 11.8 Å². The van der Waals surface area contributed by atoms with Crippen molar-refractivity contribution < 1.29 is 29.0 Å². The average Bonchev–Trinajstić information content (AvgIpc) is 3.20. The highest BCUT2D eigenvalue weighted by Gasteiger charge is 2.45. The van der Waals surface area contributed by atoms with E-state index in [1.54, 1.807) is 0 Å². The van der Waals surface area contributed by atoms with Gasteiger partial charge >= 0.3 is 6.09 Å². The summed E-state index contributed by atoms with van der Waals surface area (Å²) >= 11 is 4.21. The topological polar surface area (TPSA) is 146 Å². The Hall–Kier alpha value is -2.79. The van der Waals surface area contributed by atoms with Crippen LogP contribution in [-0.2, 0) is 25.7 Å². The zero-order valence-corrected chi connectivity index (χ0v) is 20.6. The predicted molar refractivity (Wildman–Crippen MR) is 129 cm³/mol. The first-order valence-electron chi connectivity index (χ1n) is 11.2. The molecular formula is C23H34N4O6S. The van der Waals surface area contributed by atoms with Gasteiger partial charge in [-0.3, -0.25) is 14.4 Å². The highest BCUT2D eigenvalue weighted by Crippen LogP contribution is 2.26. The molecule has 0 aromatic heterocycles. The summed E-state index contributed by atoms with van der Waals surface area (Å²) in [6, 6.07) is 6.93. The summed E-state index contributed by atoms with van der Waals surface area (Å²) in [5.74, 6) is -2.12. The molecule has 0 saturated carbocycles. The van der Waals surface area contributed by atoms with Gasteiger partial charge < -0.3 is 31.1 Å². The number of hydrogen-bond acceptors (Lipinski definition) is 7. The molecule has 1 aliphatic rings. The molecular weight excluding hydrogens is 460 g/mol. The van der Waals surface area contributed by atoms with Gasteiger partial charge in [0.25, 0.3) is 5.91 Å². The zero-order valence-electron chi connectivity index (χ0n) is 19.7. The first-order valence-corrected chi connectivity index (χ1v) is 11.7. The molecule has 0 unspecified atom stereocenters. The first kappa shape index (κ1) is 27.5. The number of carbonyl (C=O) groups excluding carboxylic acids is 4. The van der Waals surface area contributed by atoms with Crippen LogP contribution in [0.2, 0.25) is 0 Å². The van der Waals surface area contributed by atoms with E-state index in [0.29, 0.717) is 19.4 Å². The standard InChI is InChI=1S/C23H34N4O6S/c1-14(2)11-17(26-22(31)33-3)20(29)27-18(12-16-9-10-24-19(16)28)23(32,34)21(30)25-13-15-7-5-4-6-8-15/h4-8,14,16-18,32,34H,9-13H2,1-3H3,(H,24,28)(H,25,30)(H,26,31)(H,27,29)/t16-,17-,18-,23-/m0/s1. The van der Waals surface area contributed by atoms with Gasteiger partial charge in [0.2, 0.25) is 16.7 Å². The Kier molecular flexibility index (Phi) is 10.2. The molecule has 4 amide bonds. The maximum atomic E-state index is 13.1. The molecule has 1 heterocycles. The minimum atomic E-state index is -2.32. The first-order chi connectivity index (χ1) is 16.0. The third-order valence-electron chi connectivity index (χ3n) is 5.62. The molecule has 0 bridgehead atoms. The number of benzene rings is 1. The lowest BCUT2D eigenvalue weighted by atomic mass is 9.93. The van der Waals surface area contributed by atoms with Crippen molar-refractivity contribution in [3.8, 4) is 0 Å². The number of ether oxygens (including phenoxy) is 1. The second-order valence-corrected chi connectivity index (χ2v) is 9.47. The fourth-order valence-electron chi connectivity index (χ4n) is 3.72. The molecule has 1 saturated heterocycles. The number of rotatable bonds is 11. The van der Waals surface area contributed by atoms with Crippen LogP contribution in [0.3, 0.4) is 0 Å². The molecule has 5 N–H and O–H groups in total. The maximum Gasteiger partial charge on any atom is 0.407 e. The van der Waals surface area contributed by atoms with Crippen LogP contribution in [0.25, 0.3) is 0 Å². The molecule has 188 valence electrons. The van der Waals surface area contributed by atoms with Gasteiger partial charge in [0, 0.05) is 19.0 Å². The van der Waals surface area contributed by atoms with Crippen LogP contribution in [-0.4, -0.2) is 59.6 Å². The maximum absolute atomic E-state index is 13.1. The molecule has 0 spiro atoms. The minimum Gasteiger partial charge on any atom is -0.453 e. The number of amides is 4. The van der Waals surface area contributed by atoms with E-state index in [1.165, 1.54) is 7.11 Å². The quantitative estimate of drug-likeness (QED) is 0.197. The zero-order chi connectivity index (χ0) is 25.3. The number of thiol groups is 1. The van der Waals surface area contributed by atoms with E-state index in [1.807, 2.05) is 44.2 Å². The van der Waals surface area contributed by atoms with Crippen molar-refractivity contribution in [2.45, 2.75) is 56.7 Å². The van der Waals surface area contributed by atoms with E-state index in [-0.39, 0.29) is 24.8 Å². The highest BCUT2D eigenvalue weighted by atomic mass is 32.1. The number of methoxy groups -OCH3 is 1. The van der Waals surface area contributed by atoms with Crippen molar-refractivity contribution in [3.05, 3.63) is 35.9 Å². The SMILES string of the molecule is COC(=O)N[C@@H](CC(C)C)C(=O)N[C@@H](C[C@@H]1CCNC1=O)[C@](O)(S)C(=O)NCc1ccccc1. The second kappa shape index (κ2) is 12.6. The lowest BCUT2D eigenvalue weighted by molar-refractivity contribution is -0.137. The van der Waals surface area contributed by atoms with Gasteiger partial charge in [-0.1, -0.05) is 44.2 Å². The normalized spacial score (nSPS) is 18.9. The smallest absolute Gasteiger partial charge is 0.407 e. The Balaban J connectivity index is 2.20. The molecule has 34 heavy (non-hydrogen) atoms. The van der Waals surface area contributed by atoms with E-state index in [0.717, 1.165) is 5.56 Å². The van der Waals surface area contributed by atoms with Crippen molar-refractivity contribution in [2.24, 2.45) is 11.8 Å². The molecule has 0 aliphatic carbocycles. The number of aliphatic hydroxyl groups is 1. The fourth-order valence-corrected chi connectivity index (χ4v) is 3.97. The van der Waals surface area contributed by atoms with Gasteiger partial charge in [-0.05, 0) is 30.7 Å². The molecule has 10 nitrogen and oxygen atoms in total. The van der Waals surface area contributed by atoms with E-state index in [9.17, 15) is 24.3 Å². The Labute approximate surface area is 205 Å². The molecule has 2 rings (SSSR count). The number of nitrogens with one attached hydrogen (secondary N) is 4. The van der Waals surface area contributed by atoms with Crippen molar-refractivity contribution in [2.75, 3.05) is 13.7 Å². The lowest BCUT2D eigenvalue weighted by Crippen LogP contribution is -2.61. The van der Waals surface area contributed by atoms with Crippen LogP contribution in [0.1, 0.15) is 38.7 Å². The summed E-state index contributed by atoms with van der Waals surface area (Å²) in [6.07, 6.45) is -0.00308. The molecule has 4 atom stereocenters. The van der Waals surface area contributed by atoms with Gasteiger partial charge in [-0.2, -0.15) is 0 Å². The van der Waals surface area contributed by atoms with Crippen LogP contribution in [0.15, 0.2) is 30.3 Å². The Morgan fingerprint density at radius 1 is 1.24 bits per heavy atom. The fraction of sp³-hybridized carbons (Fsp3) is 0.565. The molecule has 1 aromatic rings. The van der Waals surface area contributed by atoms with Crippen molar-refractivity contribution in [1.82, 2.24) is 21.3 Å². The van der Waals surface area contributed by atoms with E-state index < -0.39 is 40.8 Å². The van der Waals surface area contributed by atoms with Crippen molar-refractivity contribution in [1.29, 1.82) is 0 Å². The number of hydrogen-bond donors (Lipinski definition) is 6. The minimum absolute atomic E-state index is 0.0110. The second-order valence-electron chi connectivity index (χ2n) is 8.79. The summed E-state index contributed by atoms with van der Waals surface area (Å²) < 4.78 is 4.61.